The molecule has 0 unspecified atom stereocenters. The van der Waals surface area contributed by atoms with E-state index in [2.05, 4.69) is 15.6 Å². The average Bonchev–Trinajstić information content (AvgIpc) is 2.79. The molecule has 0 atom stereocenters. The van der Waals surface area contributed by atoms with Gasteiger partial charge in [-0.15, -0.1) is 11.3 Å². The lowest BCUT2D eigenvalue weighted by Crippen LogP contribution is -2.11. The van der Waals surface area contributed by atoms with Crippen LogP contribution >= 0.6 is 22.9 Å². The van der Waals surface area contributed by atoms with Gasteiger partial charge in [0.15, 0.2) is 10.3 Å². The molecule has 4 nitrogen and oxygen atoms in total. The zero-order valence-electron chi connectivity index (χ0n) is 10.3. The Bertz CT molecular complexity index is 648. The fourth-order valence-electron chi connectivity index (χ4n) is 1.53. The molecule has 8 heteroatoms. The molecule has 0 aliphatic heterocycles. The third-order valence-electron chi connectivity index (χ3n) is 2.37. The van der Waals surface area contributed by atoms with Gasteiger partial charge in [0.2, 0.25) is 5.91 Å². The maximum atomic E-state index is 14.0. The van der Waals surface area contributed by atoms with Crippen molar-refractivity contribution >= 4 is 40.2 Å². The third kappa shape index (κ3) is 3.43. The van der Waals surface area contributed by atoms with Crippen LogP contribution in [-0.4, -0.2) is 10.9 Å². The summed E-state index contributed by atoms with van der Waals surface area (Å²) in [5, 5.41) is 4.93. The second-order valence-corrected chi connectivity index (χ2v) is 5.60. The first kappa shape index (κ1) is 14.7. The summed E-state index contributed by atoms with van der Waals surface area (Å²) in [6.45, 7) is 1.48. The maximum Gasteiger partial charge on any atom is 0.221 e. The summed E-state index contributed by atoms with van der Waals surface area (Å²) in [4.78, 5) is 15.6. The number of carbonyl (C=O) groups is 1. The number of benzene rings is 1. The standard InChI is InChI=1S/C12H10ClF2N3OS/c1-6(19)18-11-8(14)2-3-9(10(11)15)16-4-7-5-17-12(13)20-7/h2-3,5,16H,4H2,1H3,(H,18,19). The fraction of sp³-hybridized carbons (Fsp3) is 0.167. The molecule has 0 radical (unpaired) electrons. The van der Waals surface area contributed by atoms with Crippen molar-refractivity contribution in [2.75, 3.05) is 10.6 Å². The Morgan fingerprint density at radius 3 is 2.80 bits per heavy atom. The molecule has 0 saturated heterocycles. The van der Waals surface area contributed by atoms with Crippen molar-refractivity contribution in [2.24, 2.45) is 0 Å². The highest BCUT2D eigenvalue weighted by Gasteiger charge is 2.14. The number of anilines is 2. The molecule has 1 amide bonds. The molecule has 2 N–H and O–H groups in total. The summed E-state index contributed by atoms with van der Waals surface area (Å²) in [5.41, 5.74) is -0.385. The maximum absolute atomic E-state index is 14.0. The lowest BCUT2D eigenvalue weighted by molar-refractivity contribution is -0.114. The van der Waals surface area contributed by atoms with E-state index in [4.69, 9.17) is 11.6 Å². The van der Waals surface area contributed by atoms with Crippen LogP contribution in [0.1, 0.15) is 11.8 Å². The fourth-order valence-corrected chi connectivity index (χ4v) is 2.44. The van der Waals surface area contributed by atoms with Gasteiger partial charge in [0.05, 0.1) is 12.2 Å². The largest absolute Gasteiger partial charge is 0.378 e. The number of nitrogens with zero attached hydrogens (tertiary/aromatic N) is 1. The molecule has 0 bridgehead atoms. The van der Waals surface area contributed by atoms with Crippen LogP contribution in [-0.2, 0) is 11.3 Å². The average molecular weight is 318 g/mol. The van der Waals surface area contributed by atoms with Crippen LogP contribution in [0.3, 0.4) is 0 Å². The van der Waals surface area contributed by atoms with E-state index >= 15 is 0 Å². The molecule has 2 rings (SSSR count). The van der Waals surface area contributed by atoms with Gasteiger partial charge < -0.3 is 10.6 Å². The molecule has 1 aromatic heterocycles. The van der Waals surface area contributed by atoms with Gasteiger partial charge in [-0.25, -0.2) is 13.8 Å². The van der Waals surface area contributed by atoms with Gasteiger partial charge >= 0.3 is 0 Å². The molecular formula is C12H10ClF2N3OS. The number of nitrogens with one attached hydrogen (secondary N) is 2. The predicted octanol–water partition coefficient (Wildman–Crippen LogP) is 3.65. The smallest absolute Gasteiger partial charge is 0.221 e. The molecule has 1 heterocycles. The van der Waals surface area contributed by atoms with E-state index in [0.717, 1.165) is 10.9 Å². The zero-order valence-corrected chi connectivity index (χ0v) is 11.9. The Hall–Kier alpha value is -1.73. The van der Waals surface area contributed by atoms with Gasteiger partial charge in [-0.2, -0.15) is 0 Å². The van der Waals surface area contributed by atoms with E-state index in [1.54, 1.807) is 6.20 Å². The number of aromatic nitrogens is 1. The lowest BCUT2D eigenvalue weighted by Gasteiger charge is -2.11. The molecule has 0 fully saturated rings. The molecule has 1 aromatic carbocycles. The first-order chi connectivity index (χ1) is 9.47. The zero-order chi connectivity index (χ0) is 14.7. The van der Waals surface area contributed by atoms with Crippen LogP contribution in [0.2, 0.25) is 4.47 Å². The van der Waals surface area contributed by atoms with Gasteiger partial charge in [-0.1, -0.05) is 11.6 Å². The highest BCUT2D eigenvalue weighted by molar-refractivity contribution is 7.15. The SMILES string of the molecule is CC(=O)Nc1c(F)ccc(NCc2cnc(Cl)s2)c1F. The van der Waals surface area contributed by atoms with Gasteiger partial charge in [0.1, 0.15) is 11.5 Å². The van der Waals surface area contributed by atoms with Crippen LogP contribution in [0, 0.1) is 11.6 Å². The summed E-state index contributed by atoms with van der Waals surface area (Å²) in [5.74, 6) is -2.23. The van der Waals surface area contributed by atoms with Crippen molar-refractivity contribution < 1.29 is 13.6 Å². The molecule has 2 aromatic rings. The molecule has 106 valence electrons. The number of hydrogen-bond acceptors (Lipinski definition) is 4. The van der Waals surface area contributed by atoms with E-state index in [0.29, 0.717) is 11.0 Å². The third-order valence-corrected chi connectivity index (χ3v) is 3.49. The van der Waals surface area contributed by atoms with Crippen LogP contribution in [0.25, 0.3) is 0 Å². The number of thiazole rings is 1. The van der Waals surface area contributed by atoms with E-state index in [9.17, 15) is 13.6 Å². The molecule has 20 heavy (non-hydrogen) atoms. The Balaban J connectivity index is 2.17. The number of rotatable bonds is 4. The van der Waals surface area contributed by atoms with Crippen molar-refractivity contribution in [3.8, 4) is 0 Å². The topological polar surface area (TPSA) is 54.0 Å². The van der Waals surface area contributed by atoms with Crippen LogP contribution in [0.15, 0.2) is 18.3 Å². The Labute approximate surface area is 122 Å². The Morgan fingerprint density at radius 2 is 2.20 bits per heavy atom. The van der Waals surface area contributed by atoms with Crippen molar-refractivity contribution in [2.45, 2.75) is 13.5 Å². The predicted molar refractivity (Wildman–Crippen MR) is 75.1 cm³/mol. The Morgan fingerprint density at radius 1 is 1.45 bits per heavy atom. The monoisotopic (exact) mass is 317 g/mol. The lowest BCUT2D eigenvalue weighted by atomic mass is 10.2. The van der Waals surface area contributed by atoms with E-state index in [1.165, 1.54) is 24.3 Å². The van der Waals surface area contributed by atoms with Crippen molar-refractivity contribution in [3.63, 3.8) is 0 Å². The summed E-state index contributed by atoms with van der Waals surface area (Å²) < 4.78 is 27.9. The number of amides is 1. The Kier molecular flexibility index (Phi) is 4.51. The summed E-state index contributed by atoms with van der Waals surface area (Å²) >= 11 is 6.94. The van der Waals surface area contributed by atoms with Gasteiger partial charge in [0.25, 0.3) is 0 Å². The first-order valence-electron chi connectivity index (χ1n) is 5.57. The molecular weight excluding hydrogens is 308 g/mol. The van der Waals surface area contributed by atoms with Crippen LogP contribution in [0.4, 0.5) is 20.2 Å². The quantitative estimate of drug-likeness (QED) is 0.905. The molecule has 0 aliphatic carbocycles. The van der Waals surface area contributed by atoms with Gasteiger partial charge in [-0.3, -0.25) is 4.79 Å². The first-order valence-corrected chi connectivity index (χ1v) is 6.76. The van der Waals surface area contributed by atoms with Crippen LogP contribution in [0.5, 0.6) is 0 Å². The van der Waals surface area contributed by atoms with Crippen molar-refractivity contribution in [1.29, 1.82) is 0 Å². The van der Waals surface area contributed by atoms with E-state index in [-0.39, 0.29) is 5.69 Å². The number of carbonyl (C=O) groups excluding carboxylic acids is 1. The second kappa shape index (κ2) is 6.15. The van der Waals surface area contributed by atoms with Gasteiger partial charge in [-0.05, 0) is 12.1 Å². The molecule has 0 aliphatic rings. The summed E-state index contributed by atoms with van der Waals surface area (Å²) in [6, 6.07) is 2.34. The minimum atomic E-state index is -0.851. The van der Waals surface area contributed by atoms with Crippen molar-refractivity contribution in [3.05, 3.63) is 39.3 Å². The summed E-state index contributed by atoms with van der Waals surface area (Å²) in [7, 11) is 0. The van der Waals surface area contributed by atoms with Crippen LogP contribution < -0.4 is 10.6 Å². The van der Waals surface area contributed by atoms with Crippen molar-refractivity contribution in [1.82, 2.24) is 4.98 Å². The highest BCUT2D eigenvalue weighted by atomic mass is 35.5. The van der Waals surface area contributed by atoms with E-state index < -0.39 is 23.2 Å². The number of hydrogen-bond donors (Lipinski definition) is 2. The normalized spacial score (nSPS) is 10.4. The minimum absolute atomic E-state index is 0.0830. The molecule has 0 spiro atoms. The summed E-state index contributed by atoms with van der Waals surface area (Å²) in [6.07, 6.45) is 1.57. The second-order valence-electron chi connectivity index (χ2n) is 3.90. The minimum Gasteiger partial charge on any atom is -0.378 e. The number of halogens is 3. The van der Waals surface area contributed by atoms with Gasteiger partial charge in [0, 0.05) is 18.0 Å². The van der Waals surface area contributed by atoms with E-state index in [1.807, 2.05) is 0 Å². The highest BCUT2D eigenvalue weighted by Crippen LogP contribution is 2.27. The molecule has 0 saturated carbocycles.